The number of Topliss-reactive ketones (excluding diaryl/α,β-unsaturated/α-hetero) is 2. The van der Waals surface area contributed by atoms with E-state index in [4.69, 9.17) is 83.5 Å². The molecule has 11 rings (SSSR count). The smallest absolute Gasteiger partial charge is 0.390 e. The number of carbonyl (C=O) groups excluding carboxylic acids is 5. The number of likely N-dealkylation sites (N-methyl/N-ethyl adjacent to an activating group) is 1. The van der Waals surface area contributed by atoms with Crippen molar-refractivity contribution in [1.82, 2.24) is 39.9 Å². The monoisotopic (exact) mass is 2100 g/mol. The molecule has 120 heavy (non-hydrogen) atoms. The number of nitrogen functional groups attached to an aromatic ring is 1. The molecule has 2 aliphatic heterocycles. The number of methoxy groups -OCH3 is 2. The molecule has 0 fully saturated rings. The number of aliphatic hydroxyl groups is 1. The largest absolute Gasteiger partial charge is 0.468 e. The summed E-state index contributed by atoms with van der Waals surface area (Å²) in [5.74, 6) is -0.903. The van der Waals surface area contributed by atoms with Gasteiger partial charge in [0.25, 0.3) is 5.97 Å². The van der Waals surface area contributed by atoms with Crippen molar-refractivity contribution in [3.05, 3.63) is 229 Å². The average molecular weight is 2100 g/mol. The van der Waals surface area contributed by atoms with Gasteiger partial charge in [-0.15, -0.1) is 0 Å². The molecule has 42 heteroatoms. The molecule has 0 saturated heterocycles. The van der Waals surface area contributed by atoms with Crippen LogP contribution >= 0.6 is 108 Å². The summed E-state index contributed by atoms with van der Waals surface area (Å²) in [5.41, 5.74) is 10.3. The standard InChI is InChI=1S/C15H15ClN4O4.C15H15ClN4O.C15H14ClN3O.C11H15NO2.C6H7N.C5H6BrF3O2.C4HCl2N3O2.C2H6I2.C2H4O2.3CH4.Fe/c1-3-11(14(21)24-2)19(10-7-5-4-6-8-10)13-12(20(22)23)9-17-15(16)18-13;1-3-11-14(21)19(2)12-9-17-15(16)18-13(12)20(11)10-7-5-4-6-8-10;1-2-12-13(20)8-10-9-17-15(16)18-14(10)19(12)11-6-4-3-5-7-11;1-2-10(11(14)8-13)12-9-6-4-3-5-7-9;7-6-4-2-1-3-5-6;1-11-4(10)3(6)2-5(7,8)9;5-3-2(9(10)11)1-7-4(6)8-3;1-4(2)3;1-2(3)4;;;;/h4-9,11H,3H2,1-2H3;4-9,11H,3H2,1-2H3;3-7,9,12H,2,8H2,1H3;3-7,10,12-13H,2,8H2,1H3;1-5H,7H2;3H,2H2,1H3;1H;1-2H3;1H3,(H,3,4);3*1H4;. The number of carboxylic acid groups (broad SMARTS) is 1. The van der Waals surface area contributed by atoms with E-state index in [0.717, 1.165) is 67.0 Å². The number of alkyl halides is 6. The normalized spacial score (nSPS) is 13.1. The van der Waals surface area contributed by atoms with Crippen LogP contribution in [0.1, 0.15) is 94.6 Å². The van der Waals surface area contributed by atoms with Gasteiger partial charge in [-0.25, -0.2) is 24.7 Å². The van der Waals surface area contributed by atoms with Gasteiger partial charge >= 0.3 is 73.8 Å². The molecule has 2 aliphatic rings. The van der Waals surface area contributed by atoms with Crippen LogP contribution in [0, 0.1) is 20.2 Å². The number of fused-ring (bicyclic) bond motifs is 2. The van der Waals surface area contributed by atoms with Crippen molar-refractivity contribution in [3.8, 4) is 0 Å². The van der Waals surface area contributed by atoms with Gasteiger partial charge in [0.15, 0.2) is 17.4 Å². The number of benzene rings is 5. The fourth-order valence-electron chi connectivity index (χ4n) is 10.1. The Balaban J connectivity index is 0. The van der Waals surface area contributed by atoms with E-state index >= 15 is 0 Å². The molecule has 656 valence electrons. The summed E-state index contributed by atoms with van der Waals surface area (Å²) < 4.78 is 43.6. The van der Waals surface area contributed by atoms with Gasteiger partial charge in [0.1, 0.15) is 47.4 Å². The summed E-state index contributed by atoms with van der Waals surface area (Å²) in [5, 5.41) is 40.6. The summed E-state index contributed by atoms with van der Waals surface area (Å²) in [6.45, 7) is 8.35. The number of para-hydroxylation sites is 5. The number of aliphatic carboxylic acids is 1. The first-order valence-electron chi connectivity index (χ1n) is 34.3. The molecule has 0 radical (unpaired) electrons. The molecule has 5 N–H and O–H groups in total. The number of ether oxygens (including phenoxy) is 2. The van der Waals surface area contributed by atoms with Gasteiger partial charge in [-0.3, -0.25) is 44.2 Å². The Morgan fingerprint density at radius 2 is 1.07 bits per heavy atom. The Kier molecular flexibility index (Phi) is 55.6. The number of anilines is 9. The maximum absolute atomic E-state index is 12.6. The van der Waals surface area contributed by atoms with Crippen LogP contribution in [-0.2, 0) is 61.7 Å². The molecule has 5 atom stereocenters. The Morgan fingerprint density at radius 1 is 0.667 bits per heavy atom. The number of carboxylic acids is 1. The van der Waals surface area contributed by atoms with Gasteiger partial charge in [-0.2, -0.15) is 33.1 Å². The van der Waals surface area contributed by atoms with Crippen LogP contribution in [0.2, 0.25) is 26.3 Å². The molecule has 0 saturated carbocycles. The number of hydrogen-bond acceptors (Lipinski definition) is 26. The molecular weight excluding hydrogens is 2010 g/mol. The first kappa shape index (κ1) is 113. The van der Waals surface area contributed by atoms with Gasteiger partial charge in [0.05, 0.1) is 48.8 Å². The number of nitrogens with zero attached hydrogens (tertiary/aromatic N) is 14. The molecule has 9 aromatic rings. The number of hydrogen-bond donors (Lipinski definition) is 4. The van der Waals surface area contributed by atoms with Crippen LogP contribution in [-0.4, -0.2) is 168 Å². The SMILES string of the molecule is C.C.C.CC(=O)O.CCC(C(=O)OC)N(c1ccccc1)c1nc(Cl)ncc1[N+](=O)[O-].CCC(Nc1ccccc1)C(=O)CO.CCC1C(=O)Cc2cnc(Cl)nc2N1c1ccccc1.CCC1C(=O)N(C)c2cnc(Cl)nc2N1c1ccccc1.CI(C)I.COC(=O)C(Br)CC(F)(F)F.Nc1ccccc1.O=[N+]([O-])c1cnc(Cl)nc1Cl.[Fe]. The molecule has 5 aromatic carbocycles. The zero-order valence-corrected chi connectivity index (χ0v) is 75.0. The van der Waals surface area contributed by atoms with Gasteiger partial charge < -0.3 is 50.3 Å². The van der Waals surface area contributed by atoms with E-state index in [0.29, 0.717) is 42.9 Å². The summed E-state index contributed by atoms with van der Waals surface area (Å²) in [7, 11) is 4.03. The molecule has 0 bridgehead atoms. The summed E-state index contributed by atoms with van der Waals surface area (Å²) >= 11 is 33.1. The van der Waals surface area contributed by atoms with E-state index in [9.17, 15) is 57.4 Å². The number of aliphatic hydroxyl groups excluding tert-OH is 1. The summed E-state index contributed by atoms with van der Waals surface area (Å²) in [4.78, 5) is 129. The molecule has 6 heterocycles. The number of nitro groups is 2. The number of aromatic nitrogens is 8. The maximum Gasteiger partial charge on any atom is 0.390 e. The van der Waals surface area contributed by atoms with Crippen LogP contribution in [0.5, 0.6) is 0 Å². The molecule has 30 nitrogen and oxygen atoms in total. The number of halogens is 11. The van der Waals surface area contributed by atoms with Crippen LogP contribution < -0.4 is 30.7 Å². The van der Waals surface area contributed by atoms with Crippen molar-refractivity contribution < 1.29 is 88.5 Å². The van der Waals surface area contributed by atoms with Crippen LogP contribution in [0.4, 0.5) is 76.1 Å². The van der Waals surface area contributed by atoms with Gasteiger partial charge in [0, 0.05) is 77.7 Å². The molecule has 0 spiro atoms. The molecule has 1 amide bonds. The third-order valence-electron chi connectivity index (χ3n) is 15.1. The van der Waals surface area contributed by atoms with Crippen LogP contribution in [0.15, 0.2) is 176 Å². The van der Waals surface area contributed by atoms with Crippen molar-refractivity contribution in [2.75, 3.05) is 68.4 Å². The summed E-state index contributed by atoms with van der Waals surface area (Å²) in [6, 6.07) is 45.7. The van der Waals surface area contributed by atoms with E-state index in [-0.39, 0.29) is 134 Å². The van der Waals surface area contributed by atoms with Gasteiger partial charge in [-0.05, 0) is 133 Å². The molecular formula is C78H95BrCl5F3FeI2N16O14. The topological polar surface area (TPSA) is 402 Å². The van der Waals surface area contributed by atoms with Crippen molar-refractivity contribution in [3.63, 3.8) is 0 Å². The van der Waals surface area contributed by atoms with E-state index in [1.807, 2.05) is 152 Å². The maximum atomic E-state index is 12.6. The first-order chi connectivity index (χ1) is 54.9. The minimum Gasteiger partial charge on any atom is -0.468 e. The number of ketones is 2. The predicted octanol–water partition coefficient (Wildman–Crippen LogP) is 19.7. The number of rotatable bonds is 18. The number of amides is 1. The molecule has 5 unspecified atom stereocenters. The third kappa shape index (κ3) is 38.4. The minimum absolute atomic E-state index is 0. The zero-order valence-electron chi connectivity index (χ0n) is 64.2. The minimum atomic E-state index is -4.34. The second-order valence-corrected chi connectivity index (χ2v) is 41.0. The van der Waals surface area contributed by atoms with E-state index in [2.05, 4.69) is 94.3 Å². The number of nitrogens with two attached hydrogens (primary N) is 1. The second kappa shape index (κ2) is 58.9. The van der Waals surface area contributed by atoms with Crippen molar-refractivity contribution >= 4 is 207 Å². The van der Waals surface area contributed by atoms with Gasteiger partial charge in [0.2, 0.25) is 38.0 Å². The van der Waals surface area contributed by atoms with Crippen LogP contribution in [0.3, 0.4) is 0 Å². The Labute approximate surface area is 756 Å². The molecule has 0 aliphatic carbocycles. The third-order valence-corrected chi connectivity index (χ3v) is 16.9. The van der Waals surface area contributed by atoms with Crippen molar-refractivity contribution in [1.29, 1.82) is 0 Å². The predicted molar refractivity (Wildman–Crippen MR) is 484 cm³/mol. The summed E-state index contributed by atoms with van der Waals surface area (Å²) in [6.07, 6.45) is 2.45. The fourth-order valence-corrected chi connectivity index (χ4v) is 11.4. The number of carbonyl (C=O) groups is 6. The van der Waals surface area contributed by atoms with E-state index < -0.39 is 57.8 Å². The number of nitrogens with one attached hydrogen (secondary N) is 1. The second-order valence-electron chi connectivity index (χ2n) is 23.5. The van der Waals surface area contributed by atoms with E-state index in [1.54, 1.807) is 61.6 Å². The van der Waals surface area contributed by atoms with Crippen molar-refractivity contribution in [2.45, 2.75) is 131 Å². The quantitative estimate of drug-likeness (QED) is 0.00713. The Hall–Kier alpha value is -8.90. The Morgan fingerprint density at radius 3 is 1.48 bits per heavy atom. The van der Waals surface area contributed by atoms with Gasteiger partial charge in [-0.1, -0.05) is 169 Å². The number of esters is 2. The molecule has 4 aromatic heterocycles. The van der Waals surface area contributed by atoms with E-state index in [1.165, 1.54) is 12.0 Å². The average Bonchev–Trinajstić information content (AvgIpc) is 0.770. The first-order valence-corrected chi connectivity index (χ1v) is 47.7. The van der Waals surface area contributed by atoms with Crippen molar-refractivity contribution in [2.24, 2.45) is 0 Å². The zero-order chi connectivity index (χ0) is 86.9. The van der Waals surface area contributed by atoms with Crippen LogP contribution in [0.25, 0.3) is 0 Å². The fraction of sp³-hybridized carbons (Fsp3) is 0.333. The Bertz CT molecular complexity index is 4620.